The molecule has 9 nitrogen and oxygen atoms in total. The minimum Gasteiger partial charge on any atom is -0.490 e. The van der Waals surface area contributed by atoms with E-state index in [1.54, 1.807) is 0 Å². The van der Waals surface area contributed by atoms with Gasteiger partial charge in [-0.1, -0.05) is 0 Å². The van der Waals surface area contributed by atoms with Crippen molar-refractivity contribution < 1.29 is 43.2 Å². The Morgan fingerprint density at radius 1 is 1.12 bits per heavy atom. The molecule has 0 fully saturated rings. The second-order valence-electron chi connectivity index (χ2n) is 4.87. The highest BCUT2D eigenvalue weighted by Crippen LogP contribution is 2.26. The van der Waals surface area contributed by atoms with Gasteiger partial charge in [-0.2, -0.15) is 0 Å². The molecule has 1 aliphatic heterocycles. The minimum absolute atomic E-state index is 0.179. The molecular formula is C15H18O9. The fraction of sp³-hybridized carbons (Fsp3) is 0.467. The number of aliphatic carboxylic acids is 1. The lowest BCUT2D eigenvalue weighted by molar-refractivity contribution is -0.180. The van der Waals surface area contributed by atoms with Crippen LogP contribution in [-0.2, 0) is 38.1 Å². The topological polar surface area (TPSA) is 125 Å². The lowest BCUT2D eigenvalue weighted by atomic mass is 9.98. The number of rotatable bonds is 6. The first kappa shape index (κ1) is 19.2. The van der Waals surface area contributed by atoms with Gasteiger partial charge in [0.2, 0.25) is 0 Å². The van der Waals surface area contributed by atoms with Crippen molar-refractivity contribution >= 4 is 23.9 Å². The van der Waals surface area contributed by atoms with Crippen LogP contribution < -0.4 is 0 Å². The van der Waals surface area contributed by atoms with E-state index in [4.69, 9.17) is 24.1 Å². The summed E-state index contributed by atoms with van der Waals surface area (Å²) in [4.78, 5) is 44.3. The van der Waals surface area contributed by atoms with Gasteiger partial charge in [-0.15, -0.1) is 0 Å². The molecule has 1 aliphatic rings. The first-order chi connectivity index (χ1) is 11.2. The van der Waals surface area contributed by atoms with Crippen molar-refractivity contribution in [3.63, 3.8) is 0 Å². The van der Waals surface area contributed by atoms with Crippen LogP contribution in [-0.4, -0.2) is 53.9 Å². The molecule has 132 valence electrons. The third-order valence-electron chi connectivity index (χ3n) is 2.84. The van der Waals surface area contributed by atoms with E-state index in [9.17, 15) is 19.2 Å². The van der Waals surface area contributed by atoms with Crippen LogP contribution in [0.25, 0.3) is 0 Å². The molecule has 0 saturated heterocycles. The van der Waals surface area contributed by atoms with E-state index in [1.807, 2.05) is 0 Å². The molecule has 0 aromatic carbocycles. The smallest absolute Gasteiger partial charge is 0.328 e. The fourth-order valence-electron chi connectivity index (χ4n) is 1.97. The molecule has 0 aromatic rings. The summed E-state index contributed by atoms with van der Waals surface area (Å²) >= 11 is 0. The highest BCUT2D eigenvalue weighted by molar-refractivity contribution is 5.80. The first-order valence-electron chi connectivity index (χ1n) is 6.95. The van der Waals surface area contributed by atoms with Crippen molar-refractivity contribution in [1.82, 2.24) is 0 Å². The van der Waals surface area contributed by atoms with E-state index < -0.39 is 42.2 Å². The van der Waals surface area contributed by atoms with E-state index in [0.717, 1.165) is 26.0 Å². The number of carbonyl (C=O) groups is 4. The Kier molecular flexibility index (Phi) is 6.97. The quantitative estimate of drug-likeness (QED) is 0.413. The molecule has 1 rings (SSSR count). The Balaban J connectivity index is 3.12. The largest absolute Gasteiger partial charge is 0.490 e. The lowest BCUT2D eigenvalue weighted by Gasteiger charge is -2.35. The van der Waals surface area contributed by atoms with Crippen LogP contribution >= 0.6 is 0 Å². The summed E-state index contributed by atoms with van der Waals surface area (Å²) in [5, 5.41) is 8.72. The zero-order valence-electron chi connectivity index (χ0n) is 13.4. The predicted molar refractivity (Wildman–Crippen MR) is 77.5 cm³/mol. The fourth-order valence-corrected chi connectivity index (χ4v) is 1.97. The van der Waals surface area contributed by atoms with Gasteiger partial charge in [0.1, 0.15) is 6.61 Å². The summed E-state index contributed by atoms with van der Waals surface area (Å²) in [5.74, 6) is -3.12. The van der Waals surface area contributed by atoms with Crippen molar-refractivity contribution in [2.24, 2.45) is 0 Å². The third-order valence-corrected chi connectivity index (χ3v) is 2.84. The second-order valence-corrected chi connectivity index (χ2v) is 4.87. The van der Waals surface area contributed by atoms with Gasteiger partial charge >= 0.3 is 23.9 Å². The predicted octanol–water partition coefficient (Wildman–Crippen LogP) is 0.336. The molecule has 0 spiro atoms. The van der Waals surface area contributed by atoms with E-state index in [1.165, 1.54) is 13.2 Å². The highest BCUT2D eigenvalue weighted by Gasteiger charge is 2.41. The van der Waals surface area contributed by atoms with Crippen molar-refractivity contribution in [2.75, 3.05) is 6.61 Å². The Hall–Kier alpha value is -2.84. The molecule has 3 atom stereocenters. The maximum atomic E-state index is 11.3. The lowest BCUT2D eigenvalue weighted by Crippen LogP contribution is -2.49. The molecule has 0 aliphatic carbocycles. The Bertz CT molecular complexity index is 575. The summed E-state index contributed by atoms with van der Waals surface area (Å²) in [6.45, 7) is 3.26. The van der Waals surface area contributed by atoms with Gasteiger partial charge in [0, 0.05) is 32.4 Å². The molecule has 0 bridgehead atoms. The number of carboxylic acid groups (broad SMARTS) is 1. The van der Waals surface area contributed by atoms with Crippen LogP contribution in [0.3, 0.4) is 0 Å². The van der Waals surface area contributed by atoms with E-state index >= 15 is 0 Å². The molecule has 0 aromatic heterocycles. The van der Waals surface area contributed by atoms with Crippen LogP contribution in [0.2, 0.25) is 0 Å². The molecule has 0 radical (unpaired) electrons. The molecule has 1 heterocycles. The Morgan fingerprint density at radius 3 is 2.25 bits per heavy atom. The standard InChI is InChI=1S/C15H18O9/c1-8(16)21-7-12-15(24-10(3)18)14(23-9(2)17)11(6-22-12)4-5-13(19)20/h4-6,12,14-15H,7H2,1-3H3,(H,19,20)/b5-4-/t12-,14-,15-/m1/s1. The molecule has 0 amide bonds. The molecule has 1 N–H and O–H groups in total. The second kappa shape index (κ2) is 8.70. The van der Waals surface area contributed by atoms with Crippen molar-refractivity contribution in [3.05, 3.63) is 24.0 Å². The zero-order chi connectivity index (χ0) is 18.3. The molecule has 9 heteroatoms. The number of carbonyl (C=O) groups excluding carboxylic acids is 3. The number of hydrogen-bond acceptors (Lipinski definition) is 8. The first-order valence-corrected chi connectivity index (χ1v) is 6.95. The summed E-state index contributed by atoms with van der Waals surface area (Å²) < 4.78 is 20.5. The minimum atomic E-state index is -1.22. The maximum Gasteiger partial charge on any atom is 0.328 e. The molecule has 24 heavy (non-hydrogen) atoms. The monoisotopic (exact) mass is 342 g/mol. The zero-order valence-corrected chi connectivity index (χ0v) is 13.4. The van der Waals surface area contributed by atoms with Gasteiger partial charge in [-0.05, 0) is 6.08 Å². The average molecular weight is 342 g/mol. The van der Waals surface area contributed by atoms with Gasteiger partial charge in [-0.25, -0.2) is 4.79 Å². The molecule has 0 saturated carbocycles. The van der Waals surface area contributed by atoms with Gasteiger partial charge in [-0.3, -0.25) is 14.4 Å². The van der Waals surface area contributed by atoms with Crippen LogP contribution in [0.5, 0.6) is 0 Å². The van der Waals surface area contributed by atoms with Gasteiger partial charge in [0.05, 0.1) is 6.26 Å². The van der Waals surface area contributed by atoms with Gasteiger partial charge in [0.15, 0.2) is 18.3 Å². The summed E-state index contributed by atoms with van der Waals surface area (Å²) in [7, 11) is 0. The van der Waals surface area contributed by atoms with Crippen LogP contribution in [0.15, 0.2) is 24.0 Å². The summed E-state index contributed by atoms with van der Waals surface area (Å²) in [5.41, 5.74) is 0.179. The van der Waals surface area contributed by atoms with Crippen molar-refractivity contribution in [1.29, 1.82) is 0 Å². The highest BCUT2D eigenvalue weighted by atomic mass is 16.6. The average Bonchev–Trinajstić information content (AvgIpc) is 2.45. The summed E-state index contributed by atoms with van der Waals surface area (Å²) in [6.07, 6.45) is 0.0307. The molecular weight excluding hydrogens is 324 g/mol. The Morgan fingerprint density at radius 2 is 1.75 bits per heavy atom. The maximum absolute atomic E-state index is 11.3. The number of hydrogen-bond donors (Lipinski definition) is 1. The van der Waals surface area contributed by atoms with Crippen LogP contribution in [0, 0.1) is 0 Å². The van der Waals surface area contributed by atoms with Crippen molar-refractivity contribution in [2.45, 2.75) is 39.1 Å². The Labute approximate surface area is 137 Å². The van der Waals surface area contributed by atoms with Crippen molar-refractivity contribution in [3.8, 4) is 0 Å². The molecule has 0 unspecified atom stereocenters. The van der Waals surface area contributed by atoms with E-state index in [0.29, 0.717) is 0 Å². The third kappa shape index (κ3) is 6.11. The number of ether oxygens (including phenoxy) is 4. The van der Waals surface area contributed by atoms with E-state index in [2.05, 4.69) is 0 Å². The van der Waals surface area contributed by atoms with Gasteiger partial charge in [0.25, 0.3) is 0 Å². The van der Waals surface area contributed by atoms with Crippen LogP contribution in [0.1, 0.15) is 20.8 Å². The van der Waals surface area contributed by atoms with Gasteiger partial charge < -0.3 is 24.1 Å². The SMILES string of the molecule is CC(=O)OC[C@H]1OC=C(/C=C\C(=O)O)[C@@H](OC(C)=O)[C@@H]1OC(C)=O. The summed E-state index contributed by atoms with van der Waals surface area (Å²) in [6, 6.07) is 0. The number of esters is 3. The van der Waals surface area contributed by atoms with E-state index in [-0.39, 0.29) is 12.2 Å². The number of carboxylic acids is 1. The van der Waals surface area contributed by atoms with Crippen LogP contribution in [0.4, 0.5) is 0 Å². The normalized spacial score (nSPS) is 23.0.